The fraction of sp³-hybridized carbons (Fsp3) is 0.462. The number of ether oxygens (including phenoxy) is 3. The minimum Gasteiger partial charge on any atom is -0.491 e. The van der Waals surface area contributed by atoms with Gasteiger partial charge in [0.1, 0.15) is 18.5 Å². The maximum Gasteiger partial charge on any atom is 0.406 e. The zero-order chi connectivity index (χ0) is 12.8. The lowest BCUT2D eigenvalue weighted by Crippen LogP contribution is -2.25. The van der Waals surface area contributed by atoms with Crippen LogP contribution in [-0.4, -0.2) is 39.1 Å². The van der Waals surface area contributed by atoms with Crippen LogP contribution in [0.1, 0.15) is 5.56 Å². The standard InChI is InChI=1S/C13H17NO4/c1-16-13(15)14-7-6-10-2-4-11(5-3-10)17-8-12-9-18-12/h2-5,12H,6-9H2,1H3,(H,14,15). The summed E-state index contributed by atoms with van der Waals surface area (Å²) in [5.41, 5.74) is 1.14. The number of nitrogens with one attached hydrogen (secondary N) is 1. The van der Waals surface area contributed by atoms with Crippen molar-refractivity contribution in [3.63, 3.8) is 0 Å². The third kappa shape index (κ3) is 4.25. The van der Waals surface area contributed by atoms with E-state index in [2.05, 4.69) is 10.1 Å². The topological polar surface area (TPSA) is 60.1 Å². The van der Waals surface area contributed by atoms with Gasteiger partial charge in [-0.25, -0.2) is 4.79 Å². The van der Waals surface area contributed by atoms with Gasteiger partial charge in [-0.1, -0.05) is 12.1 Å². The molecular formula is C13H17NO4. The molecule has 1 amide bonds. The largest absolute Gasteiger partial charge is 0.491 e. The summed E-state index contributed by atoms with van der Waals surface area (Å²) in [4.78, 5) is 10.8. The molecule has 5 heteroatoms. The quantitative estimate of drug-likeness (QED) is 0.776. The molecule has 0 saturated carbocycles. The van der Waals surface area contributed by atoms with E-state index in [4.69, 9.17) is 9.47 Å². The van der Waals surface area contributed by atoms with E-state index in [0.717, 1.165) is 24.3 Å². The Morgan fingerprint density at radius 2 is 2.17 bits per heavy atom. The van der Waals surface area contributed by atoms with Gasteiger partial charge < -0.3 is 19.5 Å². The van der Waals surface area contributed by atoms with Crippen molar-refractivity contribution in [3.05, 3.63) is 29.8 Å². The van der Waals surface area contributed by atoms with Crippen molar-refractivity contribution in [1.82, 2.24) is 5.32 Å². The van der Waals surface area contributed by atoms with Crippen LogP contribution in [0.3, 0.4) is 0 Å². The van der Waals surface area contributed by atoms with E-state index in [-0.39, 0.29) is 6.10 Å². The zero-order valence-electron chi connectivity index (χ0n) is 10.3. The Morgan fingerprint density at radius 1 is 1.44 bits per heavy atom. The van der Waals surface area contributed by atoms with Crippen molar-refractivity contribution in [2.75, 3.05) is 26.9 Å². The molecule has 5 nitrogen and oxygen atoms in total. The maximum atomic E-state index is 10.8. The van der Waals surface area contributed by atoms with E-state index >= 15 is 0 Å². The van der Waals surface area contributed by atoms with Gasteiger partial charge in [-0.3, -0.25) is 0 Å². The van der Waals surface area contributed by atoms with E-state index in [1.165, 1.54) is 7.11 Å². The fourth-order valence-electron chi connectivity index (χ4n) is 1.49. The minimum atomic E-state index is -0.403. The smallest absolute Gasteiger partial charge is 0.406 e. The molecule has 0 aromatic heterocycles. The van der Waals surface area contributed by atoms with Gasteiger partial charge in [0.05, 0.1) is 13.7 Å². The van der Waals surface area contributed by atoms with Crippen molar-refractivity contribution in [3.8, 4) is 5.75 Å². The molecule has 1 aliphatic rings. The number of amides is 1. The Kier molecular flexibility index (Phi) is 4.41. The van der Waals surface area contributed by atoms with Gasteiger partial charge in [-0.2, -0.15) is 0 Å². The van der Waals surface area contributed by atoms with Gasteiger partial charge in [0, 0.05) is 6.54 Å². The van der Waals surface area contributed by atoms with Gasteiger partial charge in [-0.05, 0) is 24.1 Å². The van der Waals surface area contributed by atoms with Gasteiger partial charge >= 0.3 is 6.09 Å². The monoisotopic (exact) mass is 251 g/mol. The van der Waals surface area contributed by atoms with Crippen LogP contribution in [0.15, 0.2) is 24.3 Å². The summed E-state index contributed by atoms with van der Waals surface area (Å²) in [7, 11) is 1.35. The van der Waals surface area contributed by atoms with Crippen LogP contribution in [0.5, 0.6) is 5.75 Å². The second kappa shape index (κ2) is 6.26. The minimum absolute atomic E-state index is 0.272. The molecule has 98 valence electrons. The van der Waals surface area contributed by atoms with Crippen molar-refractivity contribution < 1.29 is 19.0 Å². The van der Waals surface area contributed by atoms with Crippen LogP contribution < -0.4 is 10.1 Å². The first-order valence-corrected chi connectivity index (χ1v) is 5.93. The zero-order valence-corrected chi connectivity index (χ0v) is 10.3. The maximum absolute atomic E-state index is 10.8. The molecular weight excluding hydrogens is 234 g/mol. The highest BCUT2D eigenvalue weighted by Crippen LogP contribution is 2.15. The number of carbonyl (C=O) groups excluding carboxylic acids is 1. The van der Waals surface area contributed by atoms with Crippen molar-refractivity contribution in [1.29, 1.82) is 0 Å². The molecule has 1 aliphatic heterocycles. The van der Waals surface area contributed by atoms with E-state index in [9.17, 15) is 4.79 Å². The molecule has 1 saturated heterocycles. The van der Waals surface area contributed by atoms with E-state index in [1.807, 2.05) is 24.3 Å². The lowest BCUT2D eigenvalue weighted by molar-refractivity contribution is 0.171. The SMILES string of the molecule is COC(=O)NCCc1ccc(OCC2CO2)cc1. The molecule has 1 N–H and O–H groups in total. The normalized spacial score (nSPS) is 17.1. The van der Waals surface area contributed by atoms with Crippen LogP contribution in [0, 0.1) is 0 Å². The van der Waals surface area contributed by atoms with Crippen molar-refractivity contribution in [2.45, 2.75) is 12.5 Å². The Bertz CT molecular complexity index is 386. The summed E-state index contributed by atoms with van der Waals surface area (Å²) in [6.45, 7) is 1.98. The van der Waals surface area contributed by atoms with Crippen LogP contribution in [-0.2, 0) is 15.9 Å². The highest BCUT2D eigenvalue weighted by molar-refractivity contribution is 5.66. The first-order chi connectivity index (χ1) is 8.78. The molecule has 2 rings (SSSR count). The molecule has 1 aromatic carbocycles. The van der Waals surface area contributed by atoms with Gasteiger partial charge in [-0.15, -0.1) is 0 Å². The van der Waals surface area contributed by atoms with Crippen LogP contribution in [0.4, 0.5) is 4.79 Å². The van der Waals surface area contributed by atoms with E-state index in [0.29, 0.717) is 13.2 Å². The van der Waals surface area contributed by atoms with Gasteiger partial charge in [0.2, 0.25) is 0 Å². The second-order valence-corrected chi connectivity index (χ2v) is 4.08. The number of rotatable bonds is 6. The molecule has 0 aliphatic carbocycles. The van der Waals surface area contributed by atoms with Crippen LogP contribution in [0.2, 0.25) is 0 Å². The highest BCUT2D eigenvalue weighted by Gasteiger charge is 2.22. The first kappa shape index (κ1) is 12.7. The van der Waals surface area contributed by atoms with E-state index < -0.39 is 6.09 Å². The number of alkyl carbamates (subject to hydrolysis) is 1. The Morgan fingerprint density at radius 3 is 2.78 bits per heavy atom. The predicted octanol–water partition coefficient (Wildman–Crippen LogP) is 1.36. The number of hydrogen-bond acceptors (Lipinski definition) is 4. The molecule has 1 fully saturated rings. The summed E-state index contributed by atoms with van der Waals surface area (Å²) in [5, 5.41) is 2.63. The Hall–Kier alpha value is -1.75. The summed E-state index contributed by atoms with van der Waals surface area (Å²) in [5.74, 6) is 0.843. The Labute approximate surface area is 106 Å². The Balaban J connectivity index is 1.70. The number of benzene rings is 1. The summed E-state index contributed by atoms with van der Waals surface area (Å²) in [6, 6.07) is 7.83. The van der Waals surface area contributed by atoms with Crippen molar-refractivity contribution in [2.24, 2.45) is 0 Å². The highest BCUT2D eigenvalue weighted by atomic mass is 16.6. The summed E-state index contributed by atoms with van der Waals surface area (Å²) < 4.78 is 15.1. The molecule has 0 spiro atoms. The summed E-state index contributed by atoms with van der Waals surface area (Å²) in [6.07, 6.45) is 0.634. The average Bonchev–Trinajstić information content (AvgIpc) is 3.21. The van der Waals surface area contributed by atoms with Crippen LogP contribution >= 0.6 is 0 Å². The molecule has 0 radical (unpaired) electrons. The molecule has 1 aromatic rings. The second-order valence-electron chi connectivity index (χ2n) is 4.08. The molecule has 1 atom stereocenters. The predicted molar refractivity (Wildman–Crippen MR) is 65.8 cm³/mol. The lowest BCUT2D eigenvalue weighted by atomic mass is 10.1. The average molecular weight is 251 g/mol. The van der Waals surface area contributed by atoms with Gasteiger partial charge in [0.15, 0.2) is 0 Å². The summed E-state index contributed by atoms with van der Waals surface area (Å²) >= 11 is 0. The van der Waals surface area contributed by atoms with Crippen LogP contribution in [0.25, 0.3) is 0 Å². The molecule has 1 heterocycles. The number of epoxide rings is 1. The van der Waals surface area contributed by atoms with Crippen molar-refractivity contribution >= 4 is 6.09 Å². The number of carbonyl (C=O) groups is 1. The molecule has 0 bridgehead atoms. The third-order valence-electron chi connectivity index (χ3n) is 2.63. The molecule has 18 heavy (non-hydrogen) atoms. The fourth-order valence-corrected chi connectivity index (χ4v) is 1.49. The number of hydrogen-bond donors (Lipinski definition) is 1. The number of methoxy groups -OCH3 is 1. The first-order valence-electron chi connectivity index (χ1n) is 5.93. The lowest BCUT2D eigenvalue weighted by Gasteiger charge is -2.06. The van der Waals surface area contributed by atoms with Gasteiger partial charge in [0.25, 0.3) is 0 Å². The molecule has 1 unspecified atom stereocenters. The van der Waals surface area contributed by atoms with E-state index in [1.54, 1.807) is 0 Å². The third-order valence-corrected chi connectivity index (χ3v) is 2.63.